The molecule has 0 atom stereocenters. The summed E-state index contributed by atoms with van der Waals surface area (Å²) in [4.78, 5) is 16.8. The van der Waals surface area contributed by atoms with E-state index < -0.39 is 0 Å². The molecular weight excluding hydrogens is 256 g/mol. The Bertz CT molecular complexity index is 658. The standard InChI is InChI=1S/C14H18N4O2/c1-8(2)18-13-10(5-15-18)4-12(9(3)16-13)14(19)17-11-6-20-7-11/h4-5,8,11H,6-7H2,1-3H3,(H,17,19). The zero-order valence-corrected chi connectivity index (χ0v) is 11.9. The molecule has 3 rings (SSSR count). The number of aryl methyl sites for hydroxylation is 1. The summed E-state index contributed by atoms with van der Waals surface area (Å²) in [7, 11) is 0. The monoisotopic (exact) mass is 274 g/mol. The maximum Gasteiger partial charge on any atom is 0.253 e. The summed E-state index contributed by atoms with van der Waals surface area (Å²) in [6, 6.07) is 2.22. The van der Waals surface area contributed by atoms with Crippen molar-refractivity contribution in [2.45, 2.75) is 32.9 Å². The Labute approximate surface area is 117 Å². The van der Waals surface area contributed by atoms with Crippen LogP contribution >= 0.6 is 0 Å². The van der Waals surface area contributed by atoms with Crippen LogP contribution in [0.15, 0.2) is 12.3 Å². The van der Waals surface area contributed by atoms with Gasteiger partial charge in [0.1, 0.15) is 0 Å². The van der Waals surface area contributed by atoms with Gasteiger partial charge in [-0.05, 0) is 26.8 Å². The van der Waals surface area contributed by atoms with Crippen LogP contribution in [0.2, 0.25) is 0 Å². The highest BCUT2D eigenvalue weighted by Gasteiger charge is 2.22. The van der Waals surface area contributed by atoms with Gasteiger partial charge in [0, 0.05) is 11.4 Å². The molecular formula is C14H18N4O2. The summed E-state index contributed by atoms with van der Waals surface area (Å²) in [5.41, 5.74) is 2.14. The zero-order chi connectivity index (χ0) is 14.3. The molecule has 6 heteroatoms. The number of rotatable bonds is 3. The normalized spacial score (nSPS) is 15.6. The lowest BCUT2D eigenvalue weighted by atomic mass is 10.1. The zero-order valence-electron chi connectivity index (χ0n) is 11.9. The lowest BCUT2D eigenvalue weighted by molar-refractivity contribution is -0.00347. The maximum absolute atomic E-state index is 12.2. The van der Waals surface area contributed by atoms with Gasteiger partial charge in [0.25, 0.3) is 5.91 Å². The highest BCUT2D eigenvalue weighted by atomic mass is 16.5. The molecule has 6 nitrogen and oxygen atoms in total. The van der Waals surface area contributed by atoms with Crippen molar-refractivity contribution >= 4 is 16.9 Å². The van der Waals surface area contributed by atoms with Crippen LogP contribution < -0.4 is 5.32 Å². The molecule has 1 amide bonds. The molecule has 0 aromatic carbocycles. The van der Waals surface area contributed by atoms with Gasteiger partial charge in [-0.15, -0.1) is 0 Å². The molecule has 1 fully saturated rings. The second kappa shape index (κ2) is 4.86. The molecule has 0 spiro atoms. The number of amides is 1. The first-order chi connectivity index (χ1) is 9.56. The molecule has 0 unspecified atom stereocenters. The number of aromatic nitrogens is 3. The second-order valence-corrected chi connectivity index (χ2v) is 5.42. The van der Waals surface area contributed by atoms with Gasteiger partial charge >= 0.3 is 0 Å². The summed E-state index contributed by atoms with van der Waals surface area (Å²) < 4.78 is 6.92. The topological polar surface area (TPSA) is 69.0 Å². The molecule has 106 valence electrons. The van der Waals surface area contributed by atoms with Crippen LogP contribution in [0.1, 0.15) is 35.9 Å². The lowest BCUT2D eigenvalue weighted by Crippen LogP contribution is -2.48. The predicted molar refractivity (Wildman–Crippen MR) is 74.7 cm³/mol. The minimum absolute atomic E-state index is 0.0949. The van der Waals surface area contributed by atoms with Crippen molar-refractivity contribution < 1.29 is 9.53 Å². The second-order valence-electron chi connectivity index (χ2n) is 5.42. The van der Waals surface area contributed by atoms with Crippen LogP contribution in [0.4, 0.5) is 0 Å². The van der Waals surface area contributed by atoms with Crippen molar-refractivity contribution in [1.29, 1.82) is 0 Å². The molecule has 1 aliphatic rings. The molecule has 0 aliphatic carbocycles. The van der Waals surface area contributed by atoms with Gasteiger partial charge in [-0.3, -0.25) is 4.79 Å². The van der Waals surface area contributed by atoms with Gasteiger partial charge in [-0.1, -0.05) is 0 Å². The maximum atomic E-state index is 12.2. The van der Waals surface area contributed by atoms with E-state index in [1.54, 1.807) is 6.20 Å². The fourth-order valence-electron chi connectivity index (χ4n) is 2.26. The fraction of sp³-hybridized carbons (Fsp3) is 0.500. The average molecular weight is 274 g/mol. The number of hydrogen-bond donors (Lipinski definition) is 1. The summed E-state index contributed by atoms with van der Waals surface area (Å²) in [6.45, 7) is 7.14. The van der Waals surface area contributed by atoms with Crippen molar-refractivity contribution in [1.82, 2.24) is 20.1 Å². The van der Waals surface area contributed by atoms with Gasteiger partial charge in [-0.2, -0.15) is 5.10 Å². The molecule has 2 aromatic rings. The SMILES string of the molecule is Cc1nc2c(cnn2C(C)C)cc1C(=O)NC1COC1. The number of pyridine rings is 1. The lowest BCUT2D eigenvalue weighted by Gasteiger charge is -2.26. The first kappa shape index (κ1) is 13.1. The number of carbonyl (C=O) groups excluding carboxylic acids is 1. The van der Waals surface area contributed by atoms with Crippen LogP contribution in [0.5, 0.6) is 0 Å². The summed E-state index contributed by atoms with van der Waals surface area (Å²) in [5.74, 6) is -0.0949. The molecule has 3 heterocycles. The van der Waals surface area contributed by atoms with Crippen LogP contribution in [0, 0.1) is 6.92 Å². The van der Waals surface area contributed by atoms with E-state index in [-0.39, 0.29) is 18.0 Å². The Kier molecular flexibility index (Phi) is 3.17. The van der Waals surface area contributed by atoms with Gasteiger partial charge in [0.2, 0.25) is 0 Å². The minimum atomic E-state index is -0.0949. The summed E-state index contributed by atoms with van der Waals surface area (Å²) in [5, 5.41) is 8.15. The van der Waals surface area contributed by atoms with E-state index in [0.29, 0.717) is 18.8 Å². The largest absolute Gasteiger partial charge is 0.377 e. The van der Waals surface area contributed by atoms with E-state index in [1.807, 2.05) is 17.7 Å². The Morgan fingerprint density at radius 2 is 2.25 bits per heavy atom. The van der Waals surface area contributed by atoms with E-state index in [4.69, 9.17) is 4.74 Å². The highest BCUT2D eigenvalue weighted by Crippen LogP contribution is 2.19. The van der Waals surface area contributed by atoms with Gasteiger partial charge in [0.15, 0.2) is 5.65 Å². The number of nitrogens with one attached hydrogen (secondary N) is 1. The Morgan fingerprint density at radius 1 is 1.50 bits per heavy atom. The molecule has 0 radical (unpaired) electrons. The van der Waals surface area contributed by atoms with Crippen molar-refractivity contribution in [3.05, 3.63) is 23.5 Å². The number of ether oxygens (including phenoxy) is 1. The van der Waals surface area contributed by atoms with E-state index >= 15 is 0 Å². The molecule has 0 saturated carbocycles. The first-order valence-corrected chi connectivity index (χ1v) is 6.79. The third-order valence-corrected chi connectivity index (χ3v) is 3.47. The molecule has 2 aromatic heterocycles. The van der Waals surface area contributed by atoms with Crippen molar-refractivity contribution in [2.24, 2.45) is 0 Å². The van der Waals surface area contributed by atoms with Crippen molar-refractivity contribution in [3.63, 3.8) is 0 Å². The molecule has 1 aliphatic heterocycles. The van der Waals surface area contributed by atoms with Crippen molar-refractivity contribution in [2.75, 3.05) is 13.2 Å². The van der Waals surface area contributed by atoms with Gasteiger partial charge in [0.05, 0.1) is 36.7 Å². The third kappa shape index (κ3) is 2.16. The highest BCUT2D eigenvalue weighted by molar-refractivity contribution is 5.98. The van der Waals surface area contributed by atoms with Crippen LogP contribution in [0.25, 0.3) is 11.0 Å². The van der Waals surface area contributed by atoms with Crippen LogP contribution in [-0.4, -0.2) is 39.9 Å². The van der Waals surface area contributed by atoms with Crippen LogP contribution in [-0.2, 0) is 4.74 Å². The Morgan fingerprint density at radius 3 is 2.85 bits per heavy atom. The third-order valence-electron chi connectivity index (χ3n) is 3.47. The van der Waals surface area contributed by atoms with E-state index in [0.717, 1.165) is 16.7 Å². The van der Waals surface area contributed by atoms with Crippen molar-refractivity contribution in [3.8, 4) is 0 Å². The van der Waals surface area contributed by atoms with E-state index in [9.17, 15) is 4.79 Å². The molecule has 1 saturated heterocycles. The number of nitrogens with zero attached hydrogens (tertiary/aromatic N) is 3. The molecule has 0 bridgehead atoms. The smallest absolute Gasteiger partial charge is 0.253 e. The summed E-state index contributed by atoms with van der Waals surface area (Å²) >= 11 is 0. The molecule has 1 N–H and O–H groups in total. The minimum Gasteiger partial charge on any atom is -0.377 e. The fourth-order valence-corrected chi connectivity index (χ4v) is 2.26. The van der Waals surface area contributed by atoms with Gasteiger partial charge < -0.3 is 10.1 Å². The van der Waals surface area contributed by atoms with Gasteiger partial charge in [-0.25, -0.2) is 9.67 Å². The quantitative estimate of drug-likeness (QED) is 0.919. The van der Waals surface area contributed by atoms with Crippen LogP contribution in [0.3, 0.4) is 0 Å². The first-order valence-electron chi connectivity index (χ1n) is 6.79. The Balaban J connectivity index is 1.95. The van der Waals surface area contributed by atoms with E-state index in [2.05, 4.69) is 29.2 Å². The average Bonchev–Trinajstić information content (AvgIpc) is 2.75. The number of carbonyl (C=O) groups is 1. The number of hydrogen-bond acceptors (Lipinski definition) is 4. The molecule has 20 heavy (non-hydrogen) atoms. The summed E-state index contributed by atoms with van der Waals surface area (Å²) in [6.07, 6.45) is 1.75. The predicted octanol–water partition coefficient (Wildman–Crippen LogP) is 1.45. The Hall–Kier alpha value is -1.95. The number of fused-ring (bicyclic) bond motifs is 1. The van der Waals surface area contributed by atoms with E-state index in [1.165, 1.54) is 0 Å².